The van der Waals surface area contributed by atoms with Crippen LogP contribution in [0.15, 0.2) is 30.3 Å². The molecule has 2 atom stereocenters. The minimum absolute atomic E-state index is 0.155. The van der Waals surface area contributed by atoms with Crippen molar-refractivity contribution in [2.75, 3.05) is 12.4 Å². The second kappa shape index (κ2) is 6.88. The number of benzene rings is 1. The van der Waals surface area contributed by atoms with E-state index in [-0.39, 0.29) is 6.61 Å². The average molecular weight is 226 g/mol. The Morgan fingerprint density at radius 2 is 1.93 bits per heavy atom. The van der Waals surface area contributed by atoms with Crippen LogP contribution < -0.4 is 0 Å². The molecule has 0 radical (unpaired) electrons. The molecule has 0 aliphatic carbocycles. The molecule has 1 aromatic rings. The molecule has 0 spiro atoms. The summed E-state index contributed by atoms with van der Waals surface area (Å²) < 4.78 is 0. The number of aliphatic hydroxyl groups excluding tert-OH is 2. The summed E-state index contributed by atoms with van der Waals surface area (Å²) >= 11 is 1.70. The first-order valence-electron chi connectivity index (χ1n) is 5.23. The van der Waals surface area contributed by atoms with Crippen LogP contribution in [0.5, 0.6) is 0 Å². The summed E-state index contributed by atoms with van der Waals surface area (Å²) in [4.78, 5) is 0. The lowest BCUT2D eigenvalue weighted by Crippen LogP contribution is -2.15. The molecule has 0 fully saturated rings. The third kappa shape index (κ3) is 4.24. The van der Waals surface area contributed by atoms with Gasteiger partial charge in [0.25, 0.3) is 0 Å². The standard InChI is InChI=1S/C12H18O2S/c1-2-12(15-9-11(14)8-13)10-6-4-3-5-7-10/h3-7,11-14H,2,8-9H2,1H3/t11-,12-/m0/s1. The van der Waals surface area contributed by atoms with Gasteiger partial charge in [0.15, 0.2) is 0 Å². The van der Waals surface area contributed by atoms with Crippen LogP contribution in [-0.2, 0) is 0 Å². The molecule has 2 N–H and O–H groups in total. The third-order valence-corrected chi connectivity index (χ3v) is 3.83. The maximum atomic E-state index is 9.28. The zero-order chi connectivity index (χ0) is 11.1. The van der Waals surface area contributed by atoms with Gasteiger partial charge in [0.1, 0.15) is 0 Å². The highest BCUT2D eigenvalue weighted by Crippen LogP contribution is 2.31. The number of hydrogen-bond donors (Lipinski definition) is 2. The monoisotopic (exact) mass is 226 g/mol. The largest absolute Gasteiger partial charge is 0.394 e. The van der Waals surface area contributed by atoms with Crippen molar-refractivity contribution < 1.29 is 10.2 Å². The minimum Gasteiger partial charge on any atom is -0.394 e. The topological polar surface area (TPSA) is 40.5 Å². The molecule has 84 valence electrons. The van der Waals surface area contributed by atoms with Crippen molar-refractivity contribution >= 4 is 11.8 Å². The van der Waals surface area contributed by atoms with Crippen LogP contribution in [0, 0.1) is 0 Å². The van der Waals surface area contributed by atoms with E-state index in [1.807, 2.05) is 18.2 Å². The highest BCUT2D eigenvalue weighted by atomic mass is 32.2. The van der Waals surface area contributed by atoms with E-state index in [9.17, 15) is 5.11 Å². The highest BCUT2D eigenvalue weighted by molar-refractivity contribution is 7.99. The first-order valence-corrected chi connectivity index (χ1v) is 6.28. The van der Waals surface area contributed by atoms with E-state index in [0.29, 0.717) is 11.0 Å². The lowest BCUT2D eigenvalue weighted by molar-refractivity contribution is 0.113. The molecule has 0 bridgehead atoms. The molecule has 0 amide bonds. The molecule has 0 aromatic heterocycles. The van der Waals surface area contributed by atoms with Crippen molar-refractivity contribution in [3.63, 3.8) is 0 Å². The molecule has 0 unspecified atom stereocenters. The SMILES string of the molecule is CC[C@H](SC[C@@H](O)CO)c1ccccc1. The van der Waals surface area contributed by atoms with Gasteiger partial charge in [-0.1, -0.05) is 37.3 Å². The van der Waals surface area contributed by atoms with Gasteiger partial charge in [0.2, 0.25) is 0 Å². The molecule has 0 aliphatic rings. The van der Waals surface area contributed by atoms with Crippen LogP contribution in [-0.4, -0.2) is 28.7 Å². The van der Waals surface area contributed by atoms with Crippen molar-refractivity contribution in [3.8, 4) is 0 Å². The summed E-state index contributed by atoms with van der Waals surface area (Å²) in [5, 5.41) is 18.4. The second-order valence-electron chi connectivity index (χ2n) is 3.48. The van der Waals surface area contributed by atoms with Gasteiger partial charge in [-0.3, -0.25) is 0 Å². The molecule has 1 aromatic carbocycles. The van der Waals surface area contributed by atoms with Crippen LogP contribution in [0.3, 0.4) is 0 Å². The molecule has 0 heterocycles. The molecule has 3 heteroatoms. The van der Waals surface area contributed by atoms with E-state index >= 15 is 0 Å². The Bertz CT molecular complexity index is 264. The lowest BCUT2D eigenvalue weighted by atomic mass is 10.1. The van der Waals surface area contributed by atoms with Gasteiger partial charge in [-0.15, -0.1) is 0 Å². The summed E-state index contributed by atoms with van der Waals surface area (Å²) in [6.07, 6.45) is 0.431. The van der Waals surface area contributed by atoms with Gasteiger partial charge in [-0.05, 0) is 12.0 Å². The Hall–Kier alpha value is -0.510. The molecule has 0 saturated carbocycles. The fraction of sp³-hybridized carbons (Fsp3) is 0.500. The van der Waals surface area contributed by atoms with Gasteiger partial charge < -0.3 is 10.2 Å². The Morgan fingerprint density at radius 1 is 1.27 bits per heavy atom. The average Bonchev–Trinajstić information content (AvgIpc) is 2.31. The predicted molar refractivity (Wildman–Crippen MR) is 65.0 cm³/mol. The van der Waals surface area contributed by atoms with Gasteiger partial charge in [0.05, 0.1) is 12.7 Å². The van der Waals surface area contributed by atoms with Crippen molar-refractivity contribution in [1.29, 1.82) is 0 Å². The van der Waals surface area contributed by atoms with Crippen LogP contribution in [0.1, 0.15) is 24.2 Å². The van der Waals surface area contributed by atoms with Crippen LogP contribution in [0.4, 0.5) is 0 Å². The summed E-state index contributed by atoms with van der Waals surface area (Å²) in [6, 6.07) is 10.3. The third-order valence-electron chi connectivity index (χ3n) is 2.24. The normalized spacial score (nSPS) is 14.9. The van der Waals surface area contributed by atoms with Crippen molar-refractivity contribution in [2.24, 2.45) is 0 Å². The predicted octanol–water partition coefficient (Wildman–Crippen LogP) is 2.22. The van der Waals surface area contributed by atoms with Gasteiger partial charge in [-0.25, -0.2) is 0 Å². The Morgan fingerprint density at radius 3 is 2.47 bits per heavy atom. The van der Waals surface area contributed by atoms with E-state index in [2.05, 4.69) is 19.1 Å². The maximum absolute atomic E-state index is 9.28. The Labute approximate surface area is 95.3 Å². The minimum atomic E-state index is -0.604. The van der Waals surface area contributed by atoms with E-state index < -0.39 is 6.10 Å². The second-order valence-corrected chi connectivity index (χ2v) is 4.71. The van der Waals surface area contributed by atoms with Crippen molar-refractivity contribution in [3.05, 3.63) is 35.9 Å². The lowest BCUT2D eigenvalue weighted by Gasteiger charge is -2.16. The van der Waals surface area contributed by atoms with Crippen LogP contribution >= 0.6 is 11.8 Å². The molecule has 0 aliphatic heterocycles. The van der Waals surface area contributed by atoms with Gasteiger partial charge in [0, 0.05) is 11.0 Å². The van der Waals surface area contributed by atoms with Crippen LogP contribution in [0.25, 0.3) is 0 Å². The molecule has 1 rings (SSSR count). The first-order chi connectivity index (χ1) is 7.27. The van der Waals surface area contributed by atoms with E-state index in [1.54, 1.807) is 11.8 Å². The molecular weight excluding hydrogens is 208 g/mol. The Kier molecular flexibility index (Phi) is 5.76. The zero-order valence-corrected chi connectivity index (χ0v) is 9.78. The zero-order valence-electron chi connectivity index (χ0n) is 8.97. The van der Waals surface area contributed by atoms with E-state index in [4.69, 9.17) is 5.11 Å². The molecule has 0 saturated heterocycles. The number of hydrogen-bond acceptors (Lipinski definition) is 3. The highest BCUT2D eigenvalue weighted by Gasteiger charge is 2.11. The summed E-state index contributed by atoms with van der Waals surface area (Å²) in [6.45, 7) is 1.98. The smallest absolute Gasteiger partial charge is 0.0861 e. The first kappa shape index (κ1) is 12.6. The molecule has 15 heavy (non-hydrogen) atoms. The maximum Gasteiger partial charge on any atom is 0.0861 e. The Balaban J connectivity index is 2.50. The molecule has 2 nitrogen and oxygen atoms in total. The summed E-state index contributed by atoms with van der Waals surface area (Å²) in [5.74, 6) is 0.587. The van der Waals surface area contributed by atoms with Crippen molar-refractivity contribution in [1.82, 2.24) is 0 Å². The fourth-order valence-electron chi connectivity index (χ4n) is 1.40. The number of rotatable bonds is 6. The number of thioether (sulfide) groups is 1. The summed E-state index contributed by atoms with van der Waals surface area (Å²) in [5.41, 5.74) is 1.29. The van der Waals surface area contributed by atoms with E-state index in [0.717, 1.165) is 6.42 Å². The fourth-order valence-corrected chi connectivity index (χ4v) is 2.54. The quantitative estimate of drug-likeness (QED) is 0.781. The van der Waals surface area contributed by atoms with E-state index in [1.165, 1.54) is 5.56 Å². The molecular formula is C12H18O2S. The van der Waals surface area contributed by atoms with Gasteiger partial charge in [-0.2, -0.15) is 11.8 Å². The summed E-state index contributed by atoms with van der Waals surface area (Å²) in [7, 11) is 0. The van der Waals surface area contributed by atoms with Crippen molar-refractivity contribution in [2.45, 2.75) is 24.7 Å². The van der Waals surface area contributed by atoms with Gasteiger partial charge >= 0.3 is 0 Å². The number of aliphatic hydroxyl groups is 2. The van der Waals surface area contributed by atoms with Crippen LogP contribution in [0.2, 0.25) is 0 Å².